The quantitative estimate of drug-likeness (QED) is 0.103. The molecule has 0 radical (unpaired) electrons. The Labute approximate surface area is 269 Å². The molecule has 1 atom stereocenters. The molecule has 0 saturated heterocycles. The molecule has 0 fully saturated rings. The molecule has 232 valence electrons. The van der Waals surface area contributed by atoms with Crippen LogP contribution < -0.4 is 20.7 Å². The Morgan fingerprint density at radius 1 is 0.800 bits per heavy atom. The van der Waals surface area contributed by atoms with Crippen molar-refractivity contribution in [1.82, 2.24) is 5.32 Å². The van der Waals surface area contributed by atoms with Crippen LogP contribution in [0.15, 0.2) is 114 Å². The smallest absolute Gasteiger partial charge is 0.272 e. The molecular weight excluding hydrogens is 582 g/mol. The zero-order valence-corrected chi connectivity index (χ0v) is 26.8. The number of hydrogen-bond acceptors (Lipinski definition) is 5. The van der Waals surface area contributed by atoms with E-state index < -0.39 is 5.91 Å². The maximum atomic E-state index is 13.6. The zero-order chi connectivity index (χ0) is 32.2. The highest BCUT2D eigenvalue weighted by molar-refractivity contribution is 8.00. The van der Waals surface area contributed by atoms with Gasteiger partial charge >= 0.3 is 0 Å². The minimum atomic E-state index is -0.463. The first kappa shape index (κ1) is 33.1. The van der Waals surface area contributed by atoms with Gasteiger partial charge in [-0.2, -0.15) is 0 Å². The maximum absolute atomic E-state index is 13.6. The summed E-state index contributed by atoms with van der Waals surface area (Å²) in [5.74, 6) is 0.161. The lowest BCUT2D eigenvalue weighted by atomic mass is 10.0. The second-order valence-corrected chi connectivity index (χ2v) is 11.9. The molecule has 0 spiro atoms. The third-order valence-electron chi connectivity index (χ3n) is 6.91. The highest BCUT2D eigenvalue weighted by Gasteiger charge is 2.19. The largest absolute Gasteiger partial charge is 0.494 e. The SMILES string of the molecule is CCOc1ccc(NC(=O)C(CC)Sc2cccc(NC(=O)/C(=C\c3ccc(C(C)C)cc3)NC(=O)c3ccccc3)c2)cc1. The number of anilines is 2. The Hall–Kier alpha value is -4.82. The van der Waals surface area contributed by atoms with Crippen molar-refractivity contribution >= 4 is 46.9 Å². The third kappa shape index (κ3) is 9.84. The van der Waals surface area contributed by atoms with E-state index in [0.29, 0.717) is 35.9 Å². The number of nitrogens with one attached hydrogen (secondary N) is 3. The van der Waals surface area contributed by atoms with Gasteiger partial charge in [0.1, 0.15) is 11.4 Å². The van der Waals surface area contributed by atoms with E-state index in [0.717, 1.165) is 16.2 Å². The van der Waals surface area contributed by atoms with Crippen molar-refractivity contribution in [3.05, 3.63) is 126 Å². The summed E-state index contributed by atoms with van der Waals surface area (Å²) in [6.45, 7) is 8.69. The van der Waals surface area contributed by atoms with Crippen molar-refractivity contribution in [1.29, 1.82) is 0 Å². The van der Waals surface area contributed by atoms with E-state index in [2.05, 4.69) is 29.8 Å². The summed E-state index contributed by atoms with van der Waals surface area (Å²) in [6.07, 6.45) is 2.27. The lowest BCUT2D eigenvalue weighted by Gasteiger charge is -2.16. The minimum Gasteiger partial charge on any atom is -0.494 e. The second kappa shape index (κ2) is 16.3. The zero-order valence-electron chi connectivity index (χ0n) is 26.0. The monoisotopic (exact) mass is 621 g/mol. The first-order valence-corrected chi connectivity index (χ1v) is 15.9. The van der Waals surface area contributed by atoms with Gasteiger partial charge in [-0.3, -0.25) is 14.4 Å². The number of benzene rings is 4. The summed E-state index contributed by atoms with van der Waals surface area (Å²) < 4.78 is 5.48. The Morgan fingerprint density at radius 2 is 1.51 bits per heavy atom. The highest BCUT2D eigenvalue weighted by atomic mass is 32.2. The van der Waals surface area contributed by atoms with Crippen LogP contribution in [0.4, 0.5) is 11.4 Å². The number of rotatable bonds is 13. The van der Waals surface area contributed by atoms with E-state index in [1.54, 1.807) is 36.4 Å². The van der Waals surface area contributed by atoms with E-state index in [1.165, 1.54) is 17.3 Å². The molecule has 4 rings (SSSR count). The third-order valence-corrected chi connectivity index (χ3v) is 8.27. The molecule has 0 bridgehead atoms. The molecule has 0 saturated carbocycles. The molecule has 8 heteroatoms. The van der Waals surface area contributed by atoms with Gasteiger partial charge in [0.25, 0.3) is 11.8 Å². The van der Waals surface area contributed by atoms with Gasteiger partial charge in [0.05, 0.1) is 11.9 Å². The van der Waals surface area contributed by atoms with Crippen LogP contribution >= 0.6 is 11.8 Å². The van der Waals surface area contributed by atoms with Crippen LogP contribution in [0.1, 0.15) is 61.5 Å². The molecule has 45 heavy (non-hydrogen) atoms. The summed E-state index contributed by atoms with van der Waals surface area (Å²) in [4.78, 5) is 40.5. The average Bonchev–Trinajstić information content (AvgIpc) is 3.05. The van der Waals surface area contributed by atoms with Crippen molar-refractivity contribution in [2.24, 2.45) is 0 Å². The number of carbonyl (C=O) groups excluding carboxylic acids is 3. The standard InChI is InChI=1S/C37H39N3O4S/c1-5-34(37(43)38-29-19-21-31(22-20-29)44-6-2)45-32-14-10-13-30(24-32)39-36(42)33(40-35(41)28-11-8-7-9-12-28)23-26-15-17-27(18-16-26)25(3)4/h7-25,34H,5-6H2,1-4H3,(H,38,43)(H,39,42)(H,40,41)/b33-23+. The predicted octanol–water partition coefficient (Wildman–Crippen LogP) is 8.13. The maximum Gasteiger partial charge on any atom is 0.272 e. The predicted molar refractivity (Wildman–Crippen MR) is 184 cm³/mol. The van der Waals surface area contributed by atoms with Gasteiger partial charge in [0.2, 0.25) is 5.91 Å². The molecule has 0 aliphatic heterocycles. The minimum absolute atomic E-state index is 0.111. The number of amides is 3. The first-order valence-electron chi connectivity index (χ1n) is 15.1. The Bertz CT molecular complexity index is 1620. The van der Waals surface area contributed by atoms with Gasteiger partial charge in [0.15, 0.2) is 0 Å². The van der Waals surface area contributed by atoms with Crippen molar-refractivity contribution in [2.45, 2.75) is 50.2 Å². The molecule has 0 heterocycles. The van der Waals surface area contributed by atoms with E-state index in [1.807, 2.05) is 86.6 Å². The van der Waals surface area contributed by atoms with Crippen LogP contribution in [0.3, 0.4) is 0 Å². The molecule has 3 N–H and O–H groups in total. The van der Waals surface area contributed by atoms with Crippen LogP contribution in [0, 0.1) is 0 Å². The summed E-state index contributed by atoms with van der Waals surface area (Å²) >= 11 is 1.42. The van der Waals surface area contributed by atoms with Crippen molar-refractivity contribution < 1.29 is 19.1 Å². The second-order valence-electron chi connectivity index (χ2n) is 10.6. The van der Waals surface area contributed by atoms with E-state index in [9.17, 15) is 14.4 Å². The molecule has 1 unspecified atom stereocenters. The lowest BCUT2D eigenvalue weighted by molar-refractivity contribution is -0.116. The Balaban J connectivity index is 1.48. The molecule has 7 nitrogen and oxygen atoms in total. The molecule has 4 aromatic rings. The number of carbonyl (C=O) groups is 3. The summed E-state index contributed by atoms with van der Waals surface area (Å²) in [5.41, 5.74) is 3.76. The van der Waals surface area contributed by atoms with Crippen LogP contribution in [-0.2, 0) is 9.59 Å². The van der Waals surface area contributed by atoms with Crippen LogP contribution in [-0.4, -0.2) is 29.6 Å². The summed E-state index contributed by atoms with van der Waals surface area (Å²) in [5, 5.41) is 8.33. The van der Waals surface area contributed by atoms with Crippen molar-refractivity contribution in [3.8, 4) is 5.75 Å². The average molecular weight is 622 g/mol. The topological polar surface area (TPSA) is 96.5 Å². The van der Waals surface area contributed by atoms with Gasteiger partial charge < -0.3 is 20.7 Å². The Morgan fingerprint density at radius 3 is 2.16 bits per heavy atom. The summed E-state index contributed by atoms with van der Waals surface area (Å²) in [6, 6.07) is 31.3. The fourth-order valence-corrected chi connectivity index (χ4v) is 5.46. The van der Waals surface area contributed by atoms with Crippen LogP contribution in [0.2, 0.25) is 0 Å². The lowest BCUT2D eigenvalue weighted by Crippen LogP contribution is -2.30. The van der Waals surface area contributed by atoms with Gasteiger partial charge in [-0.25, -0.2) is 0 Å². The normalized spacial score (nSPS) is 11.9. The number of thioether (sulfide) groups is 1. The fourth-order valence-electron chi connectivity index (χ4n) is 4.44. The Kier molecular flexibility index (Phi) is 12.0. The van der Waals surface area contributed by atoms with Crippen molar-refractivity contribution in [3.63, 3.8) is 0 Å². The molecule has 0 aliphatic rings. The van der Waals surface area contributed by atoms with Crippen molar-refractivity contribution in [2.75, 3.05) is 17.2 Å². The first-order chi connectivity index (χ1) is 21.7. The highest BCUT2D eigenvalue weighted by Crippen LogP contribution is 2.29. The van der Waals surface area contributed by atoms with Crippen LogP contribution in [0.25, 0.3) is 6.08 Å². The number of ether oxygens (including phenoxy) is 1. The van der Waals surface area contributed by atoms with Gasteiger partial charge in [0, 0.05) is 21.8 Å². The van der Waals surface area contributed by atoms with E-state index in [-0.39, 0.29) is 22.8 Å². The molecular formula is C37H39N3O4S. The van der Waals surface area contributed by atoms with E-state index >= 15 is 0 Å². The van der Waals surface area contributed by atoms with Gasteiger partial charge in [-0.05, 0) is 91.1 Å². The number of hydrogen-bond donors (Lipinski definition) is 3. The molecule has 4 aromatic carbocycles. The van der Waals surface area contributed by atoms with Gasteiger partial charge in [-0.1, -0.05) is 69.3 Å². The molecule has 0 aliphatic carbocycles. The van der Waals surface area contributed by atoms with Crippen LogP contribution in [0.5, 0.6) is 5.75 Å². The fraction of sp³-hybridized carbons (Fsp3) is 0.216. The van der Waals surface area contributed by atoms with E-state index in [4.69, 9.17) is 4.74 Å². The summed E-state index contributed by atoms with van der Waals surface area (Å²) in [7, 11) is 0. The van der Waals surface area contributed by atoms with Gasteiger partial charge in [-0.15, -0.1) is 11.8 Å². The molecule has 3 amide bonds. The molecule has 0 aromatic heterocycles.